The van der Waals surface area contributed by atoms with Gasteiger partial charge in [-0.15, -0.1) is 0 Å². The van der Waals surface area contributed by atoms with Gasteiger partial charge in [0.2, 0.25) is 0 Å². The number of fused-ring (bicyclic) bond motifs is 1. The van der Waals surface area contributed by atoms with Crippen molar-refractivity contribution in [1.29, 1.82) is 0 Å². The molecule has 3 N–H and O–H groups in total. The Hall–Kier alpha value is -1.06. The Labute approximate surface area is 122 Å². The molecular weight excluding hydrogens is 248 g/mol. The van der Waals surface area contributed by atoms with Crippen molar-refractivity contribution in [2.45, 2.75) is 51.5 Å². The molecule has 0 fully saturated rings. The first-order chi connectivity index (χ1) is 9.52. The zero-order chi connectivity index (χ0) is 14.6. The molecule has 1 atom stereocenters. The van der Waals surface area contributed by atoms with Gasteiger partial charge in [0, 0.05) is 11.6 Å². The van der Waals surface area contributed by atoms with E-state index in [1.165, 1.54) is 11.1 Å². The maximum atomic E-state index is 5.89. The fourth-order valence-electron chi connectivity index (χ4n) is 2.63. The molecule has 0 amide bonds. The van der Waals surface area contributed by atoms with Crippen molar-refractivity contribution in [3.8, 4) is 5.75 Å². The predicted molar refractivity (Wildman–Crippen MR) is 84.3 cm³/mol. The molecule has 1 unspecified atom stereocenters. The van der Waals surface area contributed by atoms with Gasteiger partial charge >= 0.3 is 0 Å². The molecule has 0 bridgehead atoms. The van der Waals surface area contributed by atoms with E-state index in [0.717, 1.165) is 44.7 Å². The summed E-state index contributed by atoms with van der Waals surface area (Å²) in [7, 11) is 0. The molecule has 3 nitrogen and oxygen atoms in total. The second-order valence-corrected chi connectivity index (χ2v) is 6.64. The fourth-order valence-corrected chi connectivity index (χ4v) is 2.63. The zero-order valence-corrected chi connectivity index (χ0v) is 13.0. The number of hydrogen-bond acceptors (Lipinski definition) is 3. The van der Waals surface area contributed by atoms with Crippen LogP contribution in [0.15, 0.2) is 18.2 Å². The highest BCUT2D eigenvalue weighted by molar-refractivity contribution is 5.42. The standard InChI is InChI=1S/C17H28N2O/c1-17(2,3)13-7-8-16-14(12-13)15(6-4-11-20-16)19-10-5-9-18/h7-8,12,15,19H,4-6,9-11,18H2,1-3H3. The molecule has 0 saturated carbocycles. The zero-order valence-electron chi connectivity index (χ0n) is 13.0. The summed E-state index contributed by atoms with van der Waals surface area (Å²) < 4.78 is 5.89. The molecule has 0 aromatic heterocycles. The number of ether oxygens (including phenoxy) is 1. The van der Waals surface area contributed by atoms with Gasteiger partial charge in [-0.3, -0.25) is 0 Å². The molecule has 1 aromatic rings. The Kier molecular flexibility index (Phi) is 5.06. The summed E-state index contributed by atoms with van der Waals surface area (Å²) in [6.07, 6.45) is 3.25. The quantitative estimate of drug-likeness (QED) is 0.831. The molecule has 0 saturated heterocycles. The molecule has 1 aliphatic heterocycles. The normalized spacial score (nSPS) is 19.1. The Morgan fingerprint density at radius 1 is 1.35 bits per heavy atom. The molecule has 3 heteroatoms. The highest BCUT2D eigenvalue weighted by Crippen LogP contribution is 2.35. The molecule has 112 valence electrons. The minimum Gasteiger partial charge on any atom is -0.493 e. The SMILES string of the molecule is CC(C)(C)c1ccc2c(c1)C(NCCCN)CCCO2. The van der Waals surface area contributed by atoms with E-state index in [1.807, 2.05) is 0 Å². The van der Waals surface area contributed by atoms with Crippen molar-refractivity contribution >= 4 is 0 Å². The van der Waals surface area contributed by atoms with Gasteiger partial charge in [-0.2, -0.15) is 0 Å². The third-order valence-electron chi connectivity index (χ3n) is 3.92. The van der Waals surface area contributed by atoms with Crippen LogP contribution in [0.5, 0.6) is 5.75 Å². The summed E-state index contributed by atoms with van der Waals surface area (Å²) in [5.41, 5.74) is 8.44. The number of hydrogen-bond donors (Lipinski definition) is 2. The van der Waals surface area contributed by atoms with E-state index < -0.39 is 0 Å². The molecule has 20 heavy (non-hydrogen) atoms. The smallest absolute Gasteiger partial charge is 0.124 e. The maximum Gasteiger partial charge on any atom is 0.124 e. The van der Waals surface area contributed by atoms with Crippen LogP contribution in [0.2, 0.25) is 0 Å². The predicted octanol–water partition coefficient (Wildman–Crippen LogP) is 3.14. The van der Waals surface area contributed by atoms with E-state index in [-0.39, 0.29) is 5.41 Å². The molecular formula is C17H28N2O. The number of nitrogens with one attached hydrogen (secondary N) is 1. The first-order valence-electron chi connectivity index (χ1n) is 7.73. The molecule has 0 radical (unpaired) electrons. The van der Waals surface area contributed by atoms with E-state index in [0.29, 0.717) is 6.04 Å². The lowest BCUT2D eigenvalue weighted by atomic mass is 9.85. The molecule has 1 aliphatic rings. The topological polar surface area (TPSA) is 47.3 Å². The molecule has 1 heterocycles. The van der Waals surface area contributed by atoms with Crippen molar-refractivity contribution in [3.63, 3.8) is 0 Å². The van der Waals surface area contributed by atoms with Gasteiger partial charge in [0.05, 0.1) is 6.61 Å². The second-order valence-electron chi connectivity index (χ2n) is 6.64. The van der Waals surface area contributed by atoms with Crippen LogP contribution in [-0.4, -0.2) is 19.7 Å². The second kappa shape index (κ2) is 6.59. The highest BCUT2D eigenvalue weighted by Gasteiger charge is 2.22. The Balaban J connectivity index is 2.25. The first kappa shape index (κ1) is 15.3. The molecule has 2 rings (SSSR count). The Morgan fingerprint density at radius 3 is 2.85 bits per heavy atom. The van der Waals surface area contributed by atoms with Gasteiger partial charge in [0.25, 0.3) is 0 Å². The summed E-state index contributed by atoms with van der Waals surface area (Å²) >= 11 is 0. The van der Waals surface area contributed by atoms with Crippen LogP contribution < -0.4 is 15.8 Å². The highest BCUT2D eigenvalue weighted by atomic mass is 16.5. The Bertz CT molecular complexity index is 437. The number of benzene rings is 1. The van der Waals surface area contributed by atoms with Crippen molar-refractivity contribution in [3.05, 3.63) is 29.3 Å². The van der Waals surface area contributed by atoms with E-state index in [2.05, 4.69) is 44.3 Å². The number of rotatable bonds is 4. The Morgan fingerprint density at radius 2 is 2.15 bits per heavy atom. The van der Waals surface area contributed by atoms with Crippen molar-refractivity contribution in [1.82, 2.24) is 5.32 Å². The lowest BCUT2D eigenvalue weighted by Crippen LogP contribution is -2.24. The van der Waals surface area contributed by atoms with E-state index in [9.17, 15) is 0 Å². The van der Waals surface area contributed by atoms with Crippen LogP contribution in [0.1, 0.15) is 57.2 Å². The lowest BCUT2D eigenvalue weighted by Gasteiger charge is -2.24. The van der Waals surface area contributed by atoms with Crippen molar-refractivity contribution in [2.24, 2.45) is 5.73 Å². The van der Waals surface area contributed by atoms with Gasteiger partial charge in [-0.1, -0.05) is 26.8 Å². The van der Waals surface area contributed by atoms with Crippen LogP contribution in [0.3, 0.4) is 0 Å². The maximum absolute atomic E-state index is 5.89. The molecule has 0 aliphatic carbocycles. The van der Waals surface area contributed by atoms with Crippen LogP contribution in [0.4, 0.5) is 0 Å². The van der Waals surface area contributed by atoms with Gasteiger partial charge in [0.1, 0.15) is 5.75 Å². The fraction of sp³-hybridized carbons (Fsp3) is 0.647. The van der Waals surface area contributed by atoms with E-state index >= 15 is 0 Å². The van der Waals surface area contributed by atoms with Gasteiger partial charge in [0.15, 0.2) is 0 Å². The van der Waals surface area contributed by atoms with Gasteiger partial charge in [-0.05, 0) is 55.5 Å². The van der Waals surface area contributed by atoms with E-state index in [4.69, 9.17) is 10.5 Å². The summed E-state index contributed by atoms with van der Waals surface area (Å²) in [5.74, 6) is 1.04. The van der Waals surface area contributed by atoms with Gasteiger partial charge < -0.3 is 15.8 Å². The van der Waals surface area contributed by atoms with Crippen LogP contribution in [0.25, 0.3) is 0 Å². The van der Waals surface area contributed by atoms with Crippen LogP contribution in [0, 0.1) is 0 Å². The average Bonchev–Trinajstić information content (AvgIpc) is 2.60. The minimum absolute atomic E-state index is 0.170. The number of nitrogens with two attached hydrogens (primary N) is 1. The van der Waals surface area contributed by atoms with Crippen LogP contribution in [-0.2, 0) is 5.41 Å². The third kappa shape index (κ3) is 3.74. The molecule has 0 spiro atoms. The van der Waals surface area contributed by atoms with Gasteiger partial charge in [-0.25, -0.2) is 0 Å². The summed E-state index contributed by atoms with van der Waals surface area (Å²) in [6, 6.07) is 7.04. The summed E-state index contributed by atoms with van der Waals surface area (Å²) in [4.78, 5) is 0. The minimum atomic E-state index is 0.170. The largest absolute Gasteiger partial charge is 0.493 e. The van der Waals surface area contributed by atoms with Crippen molar-refractivity contribution < 1.29 is 4.74 Å². The average molecular weight is 276 g/mol. The lowest BCUT2D eigenvalue weighted by molar-refractivity contribution is 0.315. The monoisotopic (exact) mass is 276 g/mol. The van der Waals surface area contributed by atoms with E-state index in [1.54, 1.807) is 0 Å². The first-order valence-corrected chi connectivity index (χ1v) is 7.73. The summed E-state index contributed by atoms with van der Waals surface area (Å²) in [6.45, 7) is 9.29. The summed E-state index contributed by atoms with van der Waals surface area (Å²) in [5, 5.41) is 3.64. The third-order valence-corrected chi connectivity index (χ3v) is 3.92. The van der Waals surface area contributed by atoms with Crippen LogP contribution >= 0.6 is 0 Å². The molecule has 1 aromatic carbocycles. The van der Waals surface area contributed by atoms with Crippen molar-refractivity contribution in [2.75, 3.05) is 19.7 Å².